The highest BCUT2D eigenvalue weighted by molar-refractivity contribution is 7.09. The molecular weight excluding hydrogens is 230 g/mol. The number of thiazole rings is 1. The molecule has 0 aliphatic carbocycles. The van der Waals surface area contributed by atoms with Gasteiger partial charge in [-0.15, -0.1) is 11.3 Å². The molecule has 0 saturated carbocycles. The third-order valence-corrected chi connectivity index (χ3v) is 4.53. The molecule has 0 spiro atoms. The van der Waals surface area contributed by atoms with Crippen LogP contribution in [0, 0.1) is 5.92 Å². The molecule has 0 aromatic carbocycles. The summed E-state index contributed by atoms with van der Waals surface area (Å²) in [5.74, 6) is 0.873. The van der Waals surface area contributed by atoms with E-state index in [-0.39, 0.29) is 0 Å². The minimum Gasteiger partial charge on any atom is -0.319 e. The second-order valence-corrected chi connectivity index (χ2v) is 5.81. The van der Waals surface area contributed by atoms with Gasteiger partial charge >= 0.3 is 0 Å². The third kappa shape index (κ3) is 3.76. The van der Waals surface area contributed by atoms with Gasteiger partial charge in [0, 0.05) is 11.9 Å². The van der Waals surface area contributed by atoms with Crippen molar-refractivity contribution in [1.29, 1.82) is 0 Å². The monoisotopic (exact) mass is 253 g/mol. The summed E-state index contributed by atoms with van der Waals surface area (Å²) in [5, 5.41) is 6.77. The number of aryl methyl sites for hydroxylation is 1. The van der Waals surface area contributed by atoms with Crippen molar-refractivity contribution in [2.75, 3.05) is 26.7 Å². The van der Waals surface area contributed by atoms with Crippen LogP contribution in [0.1, 0.15) is 30.5 Å². The normalized spacial score (nSPS) is 18.7. The van der Waals surface area contributed by atoms with Gasteiger partial charge in [-0.25, -0.2) is 4.98 Å². The first kappa shape index (κ1) is 13.0. The second-order valence-electron chi connectivity index (χ2n) is 4.86. The van der Waals surface area contributed by atoms with Gasteiger partial charge in [-0.3, -0.25) is 4.90 Å². The number of nitrogens with one attached hydrogen (secondary N) is 1. The molecule has 96 valence electrons. The Morgan fingerprint density at radius 3 is 2.82 bits per heavy atom. The van der Waals surface area contributed by atoms with Crippen LogP contribution in [0.3, 0.4) is 0 Å². The highest BCUT2D eigenvalue weighted by Gasteiger charge is 2.19. The van der Waals surface area contributed by atoms with Gasteiger partial charge in [0.2, 0.25) is 0 Å². The van der Waals surface area contributed by atoms with Crippen LogP contribution in [0.15, 0.2) is 5.38 Å². The van der Waals surface area contributed by atoms with Crippen molar-refractivity contribution in [2.45, 2.75) is 32.7 Å². The molecular formula is C13H23N3S. The summed E-state index contributed by atoms with van der Waals surface area (Å²) in [6, 6.07) is 0. The standard InChI is InChI=1S/C13H23N3S/c1-3-13-15-12(10-17-13)9-16-6-4-11(5-7-16)8-14-2/h10-11,14H,3-9H2,1-2H3. The number of rotatable bonds is 5. The number of piperidine rings is 1. The smallest absolute Gasteiger partial charge is 0.0926 e. The van der Waals surface area contributed by atoms with E-state index >= 15 is 0 Å². The molecule has 1 aromatic rings. The second kappa shape index (κ2) is 6.47. The molecule has 0 unspecified atom stereocenters. The molecule has 17 heavy (non-hydrogen) atoms. The Morgan fingerprint density at radius 1 is 1.47 bits per heavy atom. The van der Waals surface area contributed by atoms with Gasteiger partial charge in [-0.05, 0) is 51.9 Å². The van der Waals surface area contributed by atoms with Gasteiger partial charge in [-0.2, -0.15) is 0 Å². The van der Waals surface area contributed by atoms with Gasteiger partial charge in [0.25, 0.3) is 0 Å². The van der Waals surface area contributed by atoms with Crippen LogP contribution in [-0.4, -0.2) is 36.6 Å². The SMILES string of the molecule is CCc1nc(CN2CCC(CNC)CC2)cs1. The van der Waals surface area contributed by atoms with Crippen molar-refractivity contribution in [2.24, 2.45) is 5.92 Å². The summed E-state index contributed by atoms with van der Waals surface area (Å²) in [6.07, 6.45) is 3.71. The molecule has 0 amide bonds. The fourth-order valence-corrected chi connectivity index (χ4v) is 3.19. The van der Waals surface area contributed by atoms with Crippen molar-refractivity contribution in [1.82, 2.24) is 15.2 Å². The molecule has 1 aromatic heterocycles. The van der Waals surface area contributed by atoms with E-state index in [0.29, 0.717) is 0 Å². The van der Waals surface area contributed by atoms with E-state index in [2.05, 4.69) is 27.5 Å². The average molecular weight is 253 g/mol. The van der Waals surface area contributed by atoms with Crippen molar-refractivity contribution >= 4 is 11.3 Å². The summed E-state index contributed by atoms with van der Waals surface area (Å²) >= 11 is 1.80. The quantitative estimate of drug-likeness (QED) is 0.871. The Bertz CT molecular complexity index is 329. The van der Waals surface area contributed by atoms with Crippen molar-refractivity contribution in [3.63, 3.8) is 0 Å². The summed E-state index contributed by atoms with van der Waals surface area (Å²) in [4.78, 5) is 7.19. The maximum Gasteiger partial charge on any atom is 0.0926 e. The van der Waals surface area contributed by atoms with E-state index in [4.69, 9.17) is 0 Å². The number of hydrogen-bond donors (Lipinski definition) is 1. The van der Waals surface area contributed by atoms with Gasteiger partial charge < -0.3 is 5.32 Å². The Balaban J connectivity index is 1.77. The van der Waals surface area contributed by atoms with Crippen LogP contribution in [-0.2, 0) is 13.0 Å². The number of hydrogen-bond acceptors (Lipinski definition) is 4. The zero-order valence-corrected chi connectivity index (χ0v) is 11.7. The lowest BCUT2D eigenvalue weighted by molar-refractivity contribution is 0.175. The first-order valence-electron chi connectivity index (χ1n) is 6.62. The fourth-order valence-electron chi connectivity index (χ4n) is 2.45. The number of nitrogens with zero attached hydrogens (tertiary/aromatic N) is 2. The number of likely N-dealkylation sites (tertiary alicyclic amines) is 1. The minimum atomic E-state index is 0.873. The van der Waals surface area contributed by atoms with Crippen LogP contribution in [0.4, 0.5) is 0 Å². The Kier molecular flexibility index (Phi) is 4.95. The largest absolute Gasteiger partial charge is 0.319 e. The molecule has 1 aliphatic heterocycles. The molecule has 0 atom stereocenters. The molecule has 1 aliphatic rings. The van der Waals surface area contributed by atoms with E-state index in [1.54, 1.807) is 11.3 Å². The Hall–Kier alpha value is -0.450. The molecule has 3 nitrogen and oxygen atoms in total. The van der Waals surface area contributed by atoms with Gasteiger partial charge in [-0.1, -0.05) is 6.92 Å². The van der Waals surface area contributed by atoms with Crippen LogP contribution >= 0.6 is 11.3 Å². The molecule has 0 bridgehead atoms. The van der Waals surface area contributed by atoms with E-state index in [0.717, 1.165) is 18.9 Å². The predicted molar refractivity (Wildman–Crippen MR) is 73.4 cm³/mol. The van der Waals surface area contributed by atoms with Gasteiger partial charge in [0.1, 0.15) is 0 Å². The van der Waals surface area contributed by atoms with Crippen LogP contribution in [0.2, 0.25) is 0 Å². The summed E-state index contributed by atoms with van der Waals surface area (Å²) < 4.78 is 0. The van der Waals surface area contributed by atoms with Crippen LogP contribution < -0.4 is 5.32 Å². The average Bonchev–Trinajstić information content (AvgIpc) is 2.80. The first-order chi connectivity index (χ1) is 8.31. The Labute approximate surface area is 108 Å². The summed E-state index contributed by atoms with van der Waals surface area (Å²) in [7, 11) is 2.05. The van der Waals surface area contributed by atoms with Crippen molar-refractivity contribution in [3.05, 3.63) is 16.1 Å². The van der Waals surface area contributed by atoms with Crippen LogP contribution in [0.5, 0.6) is 0 Å². The first-order valence-corrected chi connectivity index (χ1v) is 7.50. The molecule has 1 N–H and O–H groups in total. The fraction of sp³-hybridized carbons (Fsp3) is 0.769. The van der Waals surface area contributed by atoms with Crippen molar-refractivity contribution < 1.29 is 0 Å². The van der Waals surface area contributed by atoms with E-state index in [9.17, 15) is 0 Å². The zero-order chi connectivity index (χ0) is 12.1. The highest BCUT2D eigenvalue weighted by atomic mass is 32.1. The van der Waals surface area contributed by atoms with Gasteiger partial charge in [0.05, 0.1) is 10.7 Å². The molecule has 2 rings (SSSR count). The maximum absolute atomic E-state index is 4.64. The molecule has 2 heterocycles. The highest BCUT2D eigenvalue weighted by Crippen LogP contribution is 2.19. The van der Waals surface area contributed by atoms with E-state index in [1.165, 1.54) is 43.2 Å². The lowest BCUT2D eigenvalue weighted by Gasteiger charge is -2.31. The molecule has 0 radical (unpaired) electrons. The topological polar surface area (TPSA) is 28.2 Å². The maximum atomic E-state index is 4.64. The van der Waals surface area contributed by atoms with E-state index < -0.39 is 0 Å². The lowest BCUT2D eigenvalue weighted by Crippen LogP contribution is -2.36. The van der Waals surface area contributed by atoms with Crippen molar-refractivity contribution in [3.8, 4) is 0 Å². The number of aromatic nitrogens is 1. The molecule has 1 fully saturated rings. The van der Waals surface area contributed by atoms with Crippen LogP contribution in [0.25, 0.3) is 0 Å². The molecule has 4 heteroatoms. The lowest BCUT2D eigenvalue weighted by atomic mass is 9.97. The summed E-state index contributed by atoms with van der Waals surface area (Å²) in [5.41, 5.74) is 1.26. The summed E-state index contributed by atoms with van der Waals surface area (Å²) in [6.45, 7) is 6.84. The molecule has 1 saturated heterocycles. The third-order valence-electron chi connectivity index (χ3n) is 3.49. The zero-order valence-electron chi connectivity index (χ0n) is 10.9. The van der Waals surface area contributed by atoms with Gasteiger partial charge in [0.15, 0.2) is 0 Å². The Morgan fingerprint density at radius 2 is 2.24 bits per heavy atom. The predicted octanol–water partition coefficient (Wildman–Crippen LogP) is 2.14. The minimum absolute atomic E-state index is 0.873. The van der Waals surface area contributed by atoms with E-state index in [1.807, 2.05) is 7.05 Å².